The largest absolute Gasteiger partial charge is 0.496 e. The summed E-state index contributed by atoms with van der Waals surface area (Å²) in [4.78, 5) is 1.25. The average Bonchev–Trinajstić information content (AvgIpc) is 2.58. The van der Waals surface area contributed by atoms with Crippen molar-refractivity contribution in [3.8, 4) is 5.75 Å². The van der Waals surface area contributed by atoms with Gasteiger partial charge in [-0.2, -0.15) is 0 Å². The van der Waals surface area contributed by atoms with Crippen LogP contribution in [0.2, 0.25) is 0 Å². The van der Waals surface area contributed by atoms with E-state index in [0.717, 1.165) is 11.3 Å². The third kappa shape index (κ3) is 5.14. The number of nitrogens with one attached hydrogen (secondary N) is 3. The Hall–Kier alpha value is -2.18. The van der Waals surface area contributed by atoms with E-state index in [4.69, 9.17) is 17.0 Å². The van der Waals surface area contributed by atoms with Gasteiger partial charge < -0.3 is 20.3 Å². The van der Waals surface area contributed by atoms with Gasteiger partial charge in [0.1, 0.15) is 17.6 Å². The highest BCUT2D eigenvalue weighted by molar-refractivity contribution is 7.80. The normalized spacial score (nSPS) is 11.9. The molecule has 2 aromatic carbocycles. The number of likely N-dealkylation sites (N-methyl/N-ethyl adjacent to an activating group) is 1. The molecule has 0 heterocycles. The Balaban J connectivity index is 2.03. The number of aryl methyl sites for hydroxylation is 1. The molecule has 0 spiro atoms. The topological polar surface area (TPSA) is 37.7 Å². The van der Waals surface area contributed by atoms with Gasteiger partial charge in [-0.15, -0.1) is 0 Å². The Morgan fingerprint density at radius 2 is 1.96 bits per heavy atom. The zero-order valence-electron chi connectivity index (χ0n) is 15.0. The fraction of sp³-hybridized carbons (Fsp3) is 0.316. The van der Waals surface area contributed by atoms with Crippen molar-refractivity contribution in [2.24, 2.45) is 0 Å². The lowest BCUT2D eigenvalue weighted by atomic mass is 10.0. The van der Waals surface area contributed by atoms with Crippen molar-refractivity contribution in [1.29, 1.82) is 0 Å². The summed E-state index contributed by atoms with van der Waals surface area (Å²) in [6.45, 7) is 2.36. The second-order valence-electron chi connectivity index (χ2n) is 6.17. The number of hydrogen-bond donors (Lipinski definition) is 3. The van der Waals surface area contributed by atoms with Crippen LogP contribution < -0.4 is 20.3 Å². The Kier molecular flexibility index (Phi) is 6.73. The van der Waals surface area contributed by atoms with E-state index in [0.29, 0.717) is 22.9 Å². The number of methoxy groups -OCH3 is 1. The van der Waals surface area contributed by atoms with Crippen LogP contribution in [0.15, 0.2) is 42.5 Å². The monoisotopic (exact) mass is 362 g/mol. The number of anilines is 1. The molecule has 4 nitrogen and oxygen atoms in total. The van der Waals surface area contributed by atoms with Crippen molar-refractivity contribution in [1.82, 2.24) is 5.32 Å². The van der Waals surface area contributed by atoms with Gasteiger partial charge in [0.25, 0.3) is 0 Å². The molecular formula is C19H25FN3OS+. The lowest BCUT2D eigenvalue weighted by Gasteiger charge is -2.24. The van der Waals surface area contributed by atoms with E-state index in [-0.39, 0.29) is 11.9 Å². The maximum absolute atomic E-state index is 13.6. The first kappa shape index (κ1) is 19.1. The zero-order chi connectivity index (χ0) is 18.4. The van der Waals surface area contributed by atoms with Crippen LogP contribution in [0.5, 0.6) is 5.75 Å². The maximum Gasteiger partial charge on any atom is 0.171 e. The third-order valence-corrected chi connectivity index (χ3v) is 4.35. The number of para-hydroxylation sites is 1. The molecule has 0 saturated heterocycles. The molecule has 0 fully saturated rings. The van der Waals surface area contributed by atoms with E-state index in [2.05, 4.69) is 30.8 Å². The van der Waals surface area contributed by atoms with Gasteiger partial charge in [-0.25, -0.2) is 4.39 Å². The van der Waals surface area contributed by atoms with Gasteiger partial charge in [0.15, 0.2) is 5.11 Å². The summed E-state index contributed by atoms with van der Waals surface area (Å²) in [7, 11) is 5.85. The molecule has 25 heavy (non-hydrogen) atoms. The van der Waals surface area contributed by atoms with Crippen LogP contribution >= 0.6 is 12.2 Å². The van der Waals surface area contributed by atoms with E-state index < -0.39 is 0 Å². The second kappa shape index (κ2) is 8.78. The van der Waals surface area contributed by atoms with Crippen LogP contribution in [0, 0.1) is 12.7 Å². The average molecular weight is 362 g/mol. The van der Waals surface area contributed by atoms with Gasteiger partial charge in [-0.1, -0.05) is 18.2 Å². The molecule has 2 rings (SSSR count). The van der Waals surface area contributed by atoms with E-state index >= 15 is 0 Å². The fourth-order valence-corrected chi connectivity index (χ4v) is 2.82. The standard InChI is InChI=1S/C19H24FN3OS/c1-13-9-10-14(11-16(13)20)22-19(25)21-12-17(23(2)3)15-7-5-6-8-18(15)24-4/h5-11,17H,12H2,1-4H3,(H2,21,22,25)/p+1/t17-/m1/s1. The Labute approximate surface area is 154 Å². The molecule has 0 saturated carbocycles. The Morgan fingerprint density at radius 1 is 1.24 bits per heavy atom. The van der Waals surface area contributed by atoms with E-state index in [9.17, 15) is 4.39 Å². The first-order valence-corrected chi connectivity index (χ1v) is 8.57. The second-order valence-corrected chi connectivity index (χ2v) is 6.58. The molecule has 2 aromatic rings. The van der Waals surface area contributed by atoms with Crippen molar-refractivity contribution in [2.75, 3.05) is 33.1 Å². The van der Waals surface area contributed by atoms with Crippen molar-refractivity contribution >= 4 is 23.0 Å². The number of rotatable bonds is 6. The Bertz CT molecular complexity index is 736. The summed E-state index contributed by atoms with van der Waals surface area (Å²) in [6.07, 6.45) is 0. The predicted octanol–water partition coefficient (Wildman–Crippen LogP) is 2.31. The molecule has 0 aliphatic heterocycles. The molecule has 3 N–H and O–H groups in total. The molecule has 0 unspecified atom stereocenters. The summed E-state index contributed by atoms with van der Waals surface area (Å²) < 4.78 is 19.1. The van der Waals surface area contributed by atoms with Crippen LogP contribution in [0.25, 0.3) is 0 Å². The first-order chi connectivity index (χ1) is 11.9. The molecule has 134 valence electrons. The third-order valence-electron chi connectivity index (χ3n) is 4.11. The quantitative estimate of drug-likeness (QED) is 0.690. The van der Waals surface area contributed by atoms with Crippen LogP contribution in [0.3, 0.4) is 0 Å². The molecule has 0 bridgehead atoms. The highest BCUT2D eigenvalue weighted by atomic mass is 32.1. The molecule has 1 atom stereocenters. The lowest BCUT2D eigenvalue weighted by molar-refractivity contribution is -0.890. The minimum absolute atomic E-state index is 0.158. The number of ether oxygens (including phenoxy) is 1. The van der Waals surface area contributed by atoms with E-state index in [1.54, 1.807) is 26.2 Å². The highest BCUT2D eigenvalue weighted by Gasteiger charge is 2.21. The SMILES string of the molecule is COc1ccccc1[C@@H](CNC(=S)Nc1ccc(C)c(F)c1)[NH+](C)C. The molecule has 0 aliphatic carbocycles. The van der Waals surface area contributed by atoms with Gasteiger partial charge >= 0.3 is 0 Å². The number of thiocarbonyl (C=S) groups is 1. The van der Waals surface area contributed by atoms with Gasteiger partial charge in [-0.3, -0.25) is 0 Å². The van der Waals surface area contributed by atoms with Crippen LogP contribution in [0.4, 0.5) is 10.1 Å². The van der Waals surface area contributed by atoms with Gasteiger partial charge in [0, 0.05) is 5.69 Å². The lowest BCUT2D eigenvalue weighted by Crippen LogP contribution is -3.07. The predicted molar refractivity (Wildman–Crippen MR) is 104 cm³/mol. The number of hydrogen-bond acceptors (Lipinski definition) is 2. The number of benzene rings is 2. The van der Waals surface area contributed by atoms with E-state index in [1.807, 2.05) is 18.2 Å². The summed E-state index contributed by atoms with van der Waals surface area (Å²) >= 11 is 5.34. The Morgan fingerprint density at radius 3 is 2.60 bits per heavy atom. The van der Waals surface area contributed by atoms with Crippen LogP contribution in [-0.2, 0) is 0 Å². The van der Waals surface area contributed by atoms with Crippen molar-refractivity contribution in [2.45, 2.75) is 13.0 Å². The van der Waals surface area contributed by atoms with Crippen molar-refractivity contribution < 1.29 is 14.0 Å². The molecule has 0 aliphatic rings. The van der Waals surface area contributed by atoms with Crippen LogP contribution in [-0.4, -0.2) is 32.9 Å². The van der Waals surface area contributed by atoms with Crippen molar-refractivity contribution in [3.63, 3.8) is 0 Å². The van der Waals surface area contributed by atoms with Gasteiger partial charge in [-0.05, 0) is 49.0 Å². The molecule has 6 heteroatoms. The fourth-order valence-electron chi connectivity index (χ4n) is 2.62. The van der Waals surface area contributed by atoms with E-state index in [1.165, 1.54) is 11.0 Å². The summed E-state index contributed by atoms with van der Waals surface area (Å²) in [5.41, 5.74) is 2.35. The van der Waals surface area contributed by atoms with Gasteiger partial charge in [0.05, 0.1) is 33.3 Å². The summed E-state index contributed by atoms with van der Waals surface area (Å²) in [5.74, 6) is 0.604. The van der Waals surface area contributed by atoms with Crippen molar-refractivity contribution in [3.05, 3.63) is 59.4 Å². The number of halogens is 1. The minimum atomic E-state index is -0.252. The number of quaternary nitrogens is 1. The molecule has 0 aromatic heterocycles. The summed E-state index contributed by atoms with van der Waals surface area (Å²) in [5, 5.41) is 6.70. The summed E-state index contributed by atoms with van der Waals surface area (Å²) in [6, 6.07) is 13.1. The molecular weight excluding hydrogens is 337 g/mol. The smallest absolute Gasteiger partial charge is 0.171 e. The molecule has 0 radical (unpaired) electrons. The highest BCUT2D eigenvalue weighted by Crippen LogP contribution is 2.22. The molecule has 0 amide bonds. The maximum atomic E-state index is 13.6. The van der Waals surface area contributed by atoms with Gasteiger partial charge in [0.2, 0.25) is 0 Å². The van der Waals surface area contributed by atoms with Crippen LogP contribution in [0.1, 0.15) is 17.2 Å². The minimum Gasteiger partial charge on any atom is -0.496 e. The zero-order valence-corrected chi connectivity index (χ0v) is 15.8. The first-order valence-electron chi connectivity index (χ1n) is 8.16.